The molecular weight excluding hydrogens is 360 g/mol. The molecule has 3 heterocycles. The zero-order valence-corrected chi connectivity index (χ0v) is 19.9. The first-order valence-corrected chi connectivity index (χ1v) is 11.4. The minimum absolute atomic E-state index is 0.146. The molecule has 0 aliphatic carbocycles. The van der Waals surface area contributed by atoms with E-state index in [2.05, 4.69) is 71.0 Å². The normalized spacial score (nSPS) is 26.3. The first-order chi connectivity index (χ1) is 13.4. The number of anilines is 1. The zero-order chi connectivity index (χ0) is 21.4. The molecule has 0 spiro atoms. The van der Waals surface area contributed by atoms with Crippen LogP contribution < -0.4 is 15.5 Å². The molecule has 1 aromatic heterocycles. The van der Waals surface area contributed by atoms with Gasteiger partial charge in [-0.1, -0.05) is 6.92 Å². The molecule has 1 unspecified atom stereocenters. The molecular formula is C23H42N6. The van der Waals surface area contributed by atoms with Crippen LogP contribution in [-0.4, -0.2) is 51.2 Å². The maximum atomic E-state index is 4.96. The number of rotatable bonds is 5. The quantitative estimate of drug-likeness (QED) is 0.786. The van der Waals surface area contributed by atoms with Gasteiger partial charge < -0.3 is 15.5 Å². The lowest BCUT2D eigenvalue weighted by Crippen LogP contribution is -2.58. The van der Waals surface area contributed by atoms with Crippen LogP contribution in [0, 0.1) is 5.92 Å². The van der Waals surface area contributed by atoms with Gasteiger partial charge in [-0.3, -0.25) is 0 Å². The summed E-state index contributed by atoms with van der Waals surface area (Å²) in [7, 11) is 2.15. The number of hydrogen-bond donors (Lipinski definition) is 2. The number of nitrogens with zero attached hydrogens (tertiary/aromatic N) is 4. The molecule has 0 amide bonds. The van der Waals surface area contributed by atoms with Crippen molar-refractivity contribution in [2.45, 2.75) is 110 Å². The van der Waals surface area contributed by atoms with Gasteiger partial charge in [0.1, 0.15) is 11.6 Å². The summed E-state index contributed by atoms with van der Waals surface area (Å²) in [5.74, 6) is 3.31. The Bertz CT molecular complexity index is 695. The van der Waals surface area contributed by atoms with Gasteiger partial charge >= 0.3 is 0 Å². The predicted molar refractivity (Wildman–Crippen MR) is 120 cm³/mol. The second-order valence-electron chi connectivity index (χ2n) is 11.3. The molecule has 0 bridgehead atoms. The van der Waals surface area contributed by atoms with Crippen LogP contribution >= 0.6 is 0 Å². The molecule has 2 fully saturated rings. The van der Waals surface area contributed by atoms with Crippen LogP contribution in [-0.2, 0) is 12.8 Å². The van der Waals surface area contributed by atoms with E-state index in [0.717, 1.165) is 62.7 Å². The van der Waals surface area contributed by atoms with Crippen LogP contribution in [0.4, 0.5) is 5.95 Å². The number of aromatic nitrogens is 3. The van der Waals surface area contributed by atoms with Crippen LogP contribution in [0.1, 0.15) is 85.8 Å². The molecule has 2 aliphatic rings. The molecule has 6 nitrogen and oxygen atoms in total. The standard InChI is InChI=1S/C23H42N6/c1-9-18-25-19(12-16-13-22(4,5)28-23(6,7)14-16)27-20(26-18)29(8)17-10-11-24-21(2,3)15-17/h16-17,24,28H,9-15H2,1-8H3. The first-order valence-electron chi connectivity index (χ1n) is 11.4. The number of piperidine rings is 2. The number of hydrogen-bond acceptors (Lipinski definition) is 6. The van der Waals surface area contributed by atoms with Crippen molar-refractivity contribution in [2.24, 2.45) is 5.92 Å². The average molecular weight is 403 g/mol. The molecule has 3 rings (SSSR count). The largest absolute Gasteiger partial charge is 0.341 e. The van der Waals surface area contributed by atoms with Gasteiger partial charge in [-0.2, -0.15) is 9.97 Å². The van der Waals surface area contributed by atoms with E-state index < -0.39 is 0 Å². The monoisotopic (exact) mass is 402 g/mol. The Hall–Kier alpha value is -1.27. The molecule has 0 aromatic carbocycles. The fourth-order valence-electron chi connectivity index (χ4n) is 5.63. The van der Waals surface area contributed by atoms with E-state index in [1.54, 1.807) is 0 Å². The van der Waals surface area contributed by atoms with Crippen LogP contribution in [0.2, 0.25) is 0 Å². The highest BCUT2D eigenvalue weighted by Gasteiger charge is 2.38. The summed E-state index contributed by atoms with van der Waals surface area (Å²) in [6.07, 6.45) is 6.30. The molecule has 6 heteroatoms. The Kier molecular flexibility index (Phi) is 6.26. The minimum Gasteiger partial charge on any atom is -0.341 e. The smallest absolute Gasteiger partial charge is 0.228 e. The molecule has 29 heavy (non-hydrogen) atoms. The van der Waals surface area contributed by atoms with Crippen LogP contribution in [0.3, 0.4) is 0 Å². The van der Waals surface area contributed by atoms with Gasteiger partial charge in [0.05, 0.1) is 0 Å². The van der Waals surface area contributed by atoms with Crippen molar-refractivity contribution in [1.82, 2.24) is 25.6 Å². The van der Waals surface area contributed by atoms with Gasteiger partial charge in [0.25, 0.3) is 0 Å². The van der Waals surface area contributed by atoms with E-state index in [1.807, 2.05) is 0 Å². The first kappa shape index (κ1) is 22.4. The summed E-state index contributed by atoms with van der Waals surface area (Å²) in [5, 5.41) is 7.40. The predicted octanol–water partition coefficient (Wildman–Crippen LogP) is 3.50. The minimum atomic E-state index is 0.146. The highest BCUT2D eigenvalue weighted by Crippen LogP contribution is 2.34. The van der Waals surface area contributed by atoms with E-state index in [-0.39, 0.29) is 16.6 Å². The summed E-state index contributed by atoms with van der Waals surface area (Å²) in [5.41, 5.74) is 0.452. The third-order valence-electron chi connectivity index (χ3n) is 6.47. The van der Waals surface area contributed by atoms with Gasteiger partial charge in [-0.15, -0.1) is 0 Å². The van der Waals surface area contributed by atoms with E-state index in [1.165, 1.54) is 0 Å². The second-order valence-corrected chi connectivity index (χ2v) is 11.3. The summed E-state index contributed by atoms with van der Waals surface area (Å²) in [6, 6.07) is 0.461. The molecule has 164 valence electrons. The molecule has 2 N–H and O–H groups in total. The third-order valence-corrected chi connectivity index (χ3v) is 6.47. The summed E-state index contributed by atoms with van der Waals surface area (Å²) in [4.78, 5) is 16.9. The average Bonchev–Trinajstić information content (AvgIpc) is 2.57. The second kappa shape index (κ2) is 8.10. The van der Waals surface area contributed by atoms with Gasteiger partial charge in [-0.25, -0.2) is 4.98 Å². The SMILES string of the molecule is CCc1nc(CC2CC(C)(C)NC(C)(C)C2)nc(N(C)C2CCNC(C)(C)C2)n1. The van der Waals surface area contributed by atoms with Crippen molar-refractivity contribution in [3.63, 3.8) is 0 Å². The van der Waals surface area contributed by atoms with Crippen molar-refractivity contribution in [2.75, 3.05) is 18.5 Å². The highest BCUT2D eigenvalue weighted by atomic mass is 15.3. The maximum absolute atomic E-state index is 4.96. The van der Waals surface area contributed by atoms with Crippen LogP contribution in [0.25, 0.3) is 0 Å². The Labute approximate surface area is 177 Å². The Morgan fingerprint density at radius 2 is 1.52 bits per heavy atom. The molecule has 1 atom stereocenters. The van der Waals surface area contributed by atoms with Gasteiger partial charge in [-0.05, 0) is 79.7 Å². The van der Waals surface area contributed by atoms with Crippen molar-refractivity contribution in [3.8, 4) is 0 Å². The molecule has 2 aliphatic heterocycles. The van der Waals surface area contributed by atoms with Crippen molar-refractivity contribution in [3.05, 3.63) is 11.6 Å². The molecule has 1 aromatic rings. The third kappa shape index (κ3) is 5.88. The van der Waals surface area contributed by atoms with E-state index >= 15 is 0 Å². The lowest BCUT2D eigenvalue weighted by atomic mass is 9.74. The number of aryl methyl sites for hydroxylation is 1. The fraction of sp³-hybridized carbons (Fsp3) is 0.870. The lowest BCUT2D eigenvalue weighted by molar-refractivity contribution is 0.127. The van der Waals surface area contributed by atoms with Gasteiger partial charge in [0.2, 0.25) is 5.95 Å². The maximum Gasteiger partial charge on any atom is 0.228 e. The number of nitrogens with one attached hydrogen (secondary N) is 2. The van der Waals surface area contributed by atoms with Gasteiger partial charge in [0.15, 0.2) is 0 Å². The van der Waals surface area contributed by atoms with Crippen molar-refractivity contribution in [1.29, 1.82) is 0 Å². The van der Waals surface area contributed by atoms with E-state index in [4.69, 9.17) is 15.0 Å². The van der Waals surface area contributed by atoms with Crippen LogP contribution in [0.5, 0.6) is 0 Å². The highest BCUT2D eigenvalue weighted by molar-refractivity contribution is 5.31. The topological polar surface area (TPSA) is 66.0 Å². The van der Waals surface area contributed by atoms with E-state index in [0.29, 0.717) is 12.0 Å². The van der Waals surface area contributed by atoms with Gasteiger partial charge in [0, 0.05) is 42.5 Å². The summed E-state index contributed by atoms with van der Waals surface area (Å²) >= 11 is 0. The van der Waals surface area contributed by atoms with Crippen molar-refractivity contribution < 1.29 is 0 Å². The fourth-order valence-corrected chi connectivity index (χ4v) is 5.63. The zero-order valence-electron chi connectivity index (χ0n) is 19.9. The Balaban J connectivity index is 1.80. The lowest BCUT2D eigenvalue weighted by Gasteiger charge is -2.46. The Morgan fingerprint density at radius 1 is 0.897 bits per heavy atom. The van der Waals surface area contributed by atoms with Crippen LogP contribution in [0.15, 0.2) is 0 Å². The van der Waals surface area contributed by atoms with Crippen molar-refractivity contribution >= 4 is 5.95 Å². The summed E-state index contributed by atoms with van der Waals surface area (Å²) in [6.45, 7) is 17.0. The molecule has 2 saturated heterocycles. The van der Waals surface area contributed by atoms with E-state index in [9.17, 15) is 0 Å². The molecule has 0 radical (unpaired) electrons. The Morgan fingerprint density at radius 3 is 2.10 bits per heavy atom. The molecule has 0 saturated carbocycles. The summed E-state index contributed by atoms with van der Waals surface area (Å²) < 4.78 is 0.